The monoisotopic (exact) mass is 282 g/mol. The second-order valence-electron chi connectivity index (χ2n) is 7.13. The summed E-state index contributed by atoms with van der Waals surface area (Å²) in [6.07, 6.45) is 9.52. The molecule has 0 unspecified atom stereocenters. The number of nitrogens with zero attached hydrogens (tertiary/aromatic N) is 2. The topological polar surface area (TPSA) is 32.8 Å². The van der Waals surface area contributed by atoms with Gasteiger partial charge in [-0.25, -0.2) is 14.8 Å². The Balaban J connectivity index is 2.07. The minimum absolute atomic E-state index is 0.147. The molecule has 1 heterocycles. The third-order valence-electron chi connectivity index (χ3n) is 4.14. The number of piperidine rings is 1. The van der Waals surface area contributed by atoms with Crippen molar-refractivity contribution in [2.75, 3.05) is 13.1 Å². The zero-order chi connectivity index (χ0) is 14.6. The Morgan fingerprint density at radius 1 is 1.00 bits per heavy atom. The van der Waals surface area contributed by atoms with E-state index in [4.69, 9.17) is 4.74 Å². The maximum atomic E-state index is 12.6. The molecule has 4 nitrogen and oxygen atoms in total. The van der Waals surface area contributed by atoms with E-state index < -0.39 is 5.60 Å². The van der Waals surface area contributed by atoms with Crippen molar-refractivity contribution in [1.82, 2.24) is 10.0 Å². The van der Waals surface area contributed by atoms with Crippen molar-refractivity contribution >= 4 is 6.09 Å². The summed E-state index contributed by atoms with van der Waals surface area (Å²) in [7, 11) is 0. The number of hydrazine groups is 1. The quantitative estimate of drug-likeness (QED) is 0.768. The van der Waals surface area contributed by atoms with Gasteiger partial charge in [-0.15, -0.1) is 0 Å². The summed E-state index contributed by atoms with van der Waals surface area (Å²) < 4.78 is 5.65. The first-order valence-corrected chi connectivity index (χ1v) is 8.24. The maximum absolute atomic E-state index is 12.6. The lowest BCUT2D eigenvalue weighted by atomic mass is 9.95. The molecule has 0 radical (unpaired) electrons. The van der Waals surface area contributed by atoms with Gasteiger partial charge < -0.3 is 4.74 Å². The molecule has 1 aliphatic carbocycles. The third kappa shape index (κ3) is 4.37. The van der Waals surface area contributed by atoms with Gasteiger partial charge in [-0.3, -0.25) is 0 Å². The van der Waals surface area contributed by atoms with Gasteiger partial charge in [0.25, 0.3) is 0 Å². The second kappa shape index (κ2) is 6.79. The molecule has 0 aromatic rings. The molecule has 0 N–H and O–H groups in total. The van der Waals surface area contributed by atoms with Crippen LogP contribution in [-0.2, 0) is 4.74 Å². The van der Waals surface area contributed by atoms with Gasteiger partial charge in [0.1, 0.15) is 5.60 Å². The van der Waals surface area contributed by atoms with E-state index in [1.54, 1.807) is 0 Å². The van der Waals surface area contributed by atoms with Crippen LogP contribution in [0.15, 0.2) is 0 Å². The molecule has 20 heavy (non-hydrogen) atoms. The van der Waals surface area contributed by atoms with Crippen molar-refractivity contribution in [3.05, 3.63) is 0 Å². The molecule has 2 rings (SSSR count). The Hall–Kier alpha value is -0.770. The van der Waals surface area contributed by atoms with Crippen molar-refractivity contribution < 1.29 is 9.53 Å². The number of ether oxygens (including phenoxy) is 1. The van der Waals surface area contributed by atoms with Crippen LogP contribution < -0.4 is 0 Å². The van der Waals surface area contributed by atoms with Crippen LogP contribution in [0.4, 0.5) is 4.79 Å². The lowest BCUT2D eigenvalue weighted by molar-refractivity contribution is -0.0866. The lowest BCUT2D eigenvalue weighted by Gasteiger charge is -2.43. The highest BCUT2D eigenvalue weighted by Crippen LogP contribution is 2.27. The fourth-order valence-electron chi connectivity index (χ4n) is 3.22. The first-order valence-electron chi connectivity index (χ1n) is 8.24. The van der Waals surface area contributed by atoms with E-state index in [-0.39, 0.29) is 6.09 Å². The van der Waals surface area contributed by atoms with Crippen LogP contribution in [0.3, 0.4) is 0 Å². The Morgan fingerprint density at radius 2 is 1.55 bits per heavy atom. The van der Waals surface area contributed by atoms with Crippen LogP contribution in [0.2, 0.25) is 0 Å². The Kier molecular flexibility index (Phi) is 5.30. The average molecular weight is 282 g/mol. The molecule has 1 saturated heterocycles. The predicted octanol–water partition coefficient (Wildman–Crippen LogP) is 3.96. The molecule has 1 amide bonds. The molecule has 1 aliphatic heterocycles. The summed E-state index contributed by atoms with van der Waals surface area (Å²) in [5.74, 6) is 0. The molecule has 0 aromatic carbocycles. The number of hydrogen-bond acceptors (Lipinski definition) is 3. The van der Waals surface area contributed by atoms with E-state index in [9.17, 15) is 4.79 Å². The van der Waals surface area contributed by atoms with Gasteiger partial charge in [0.15, 0.2) is 0 Å². The number of amides is 1. The smallest absolute Gasteiger partial charge is 0.425 e. The molecule has 1 saturated carbocycles. The first kappa shape index (κ1) is 15.6. The van der Waals surface area contributed by atoms with Crippen LogP contribution in [0.1, 0.15) is 72.1 Å². The number of carbonyl (C=O) groups is 1. The van der Waals surface area contributed by atoms with Gasteiger partial charge in [0.05, 0.1) is 6.04 Å². The van der Waals surface area contributed by atoms with Gasteiger partial charge >= 0.3 is 6.09 Å². The number of carbonyl (C=O) groups excluding carboxylic acids is 1. The Labute approximate surface area is 123 Å². The lowest BCUT2D eigenvalue weighted by Crippen LogP contribution is -2.55. The second-order valence-corrected chi connectivity index (χ2v) is 7.13. The highest BCUT2D eigenvalue weighted by molar-refractivity contribution is 5.68. The summed E-state index contributed by atoms with van der Waals surface area (Å²) >= 11 is 0. The molecular weight excluding hydrogens is 252 g/mol. The van der Waals surface area contributed by atoms with Gasteiger partial charge in [-0.1, -0.05) is 25.7 Å². The van der Waals surface area contributed by atoms with Crippen LogP contribution in [0.5, 0.6) is 0 Å². The molecule has 116 valence electrons. The van der Waals surface area contributed by atoms with E-state index in [0.29, 0.717) is 6.04 Å². The van der Waals surface area contributed by atoms with Crippen molar-refractivity contribution in [2.24, 2.45) is 0 Å². The van der Waals surface area contributed by atoms with E-state index in [1.165, 1.54) is 38.5 Å². The van der Waals surface area contributed by atoms with Gasteiger partial charge in [0.2, 0.25) is 0 Å². The summed E-state index contributed by atoms with van der Waals surface area (Å²) in [5.41, 5.74) is -0.417. The van der Waals surface area contributed by atoms with E-state index in [1.807, 2.05) is 25.8 Å². The van der Waals surface area contributed by atoms with E-state index in [2.05, 4.69) is 5.01 Å². The molecule has 4 heteroatoms. The third-order valence-corrected chi connectivity index (χ3v) is 4.14. The fraction of sp³-hybridized carbons (Fsp3) is 0.938. The fourth-order valence-corrected chi connectivity index (χ4v) is 3.22. The maximum Gasteiger partial charge on any atom is 0.425 e. The zero-order valence-corrected chi connectivity index (χ0v) is 13.4. The van der Waals surface area contributed by atoms with Gasteiger partial charge in [-0.2, -0.15) is 0 Å². The van der Waals surface area contributed by atoms with Gasteiger partial charge in [0, 0.05) is 13.1 Å². The Bertz CT molecular complexity index is 295. The predicted molar refractivity (Wildman–Crippen MR) is 80.4 cm³/mol. The average Bonchev–Trinajstić information content (AvgIpc) is 2.39. The molecule has 2 fully saturated rings. The molecule has 0 atom stereocenters. The SMILES string of the molecule is CC(C)(C)OC(=O)N(C1CCCCC1)N1CCCCC1. The number of hydrogen-bond donors (Lipinski definition) is 0. The summed E-state index contributed by atoms with van der Waals surface area (Å²) in [5, 5.41) is 4.21. The summed E-state index contributed by atoms with van der Waals surface area (Å²) in [6, 6.07) is 0.344. The normalized spacial score (nSPS) is 22.6. The molecular formula is C16H30N2O2. The molecule has 2 aliphatic rings. The minimum atomic E-state index is -0.417. The van der Waals surface area contributed by atoms with Crippen molar-refractivity contribution in [2.45, 2.75) is 83.8 Å². The van der Waals surface area contributed by atoms with Crippen LogP contribution >= 0.6 is 0 Å². The van der Waals surface area contributed by atoms with Crippen LogP contribution in [0.25, 0.3) is 0 Å². The van der Waals surface area contributed by atoms with E-state index >= 15 is 0 Å². The molecule has 0 aromatic heterocycles. The van der Waals surface area contributed by atoms with Gasteiger partial charge in [-0.05, 0) is 46.5 Å². The Morgan fingerprint density at radius 3 is 2.10 bits per heavy atom. The highest BCUT2D eigenvalue weighted by Gasteiger charge is 2.34. The van der Waals surface area contributed by atoms with E-state index in [0.717, 1.165) is 25.9 Å². The molecule has 0 bridgehead atoms. The standard InChI is InChI=1S/C16H30N2O2/c1-16(2,3)20-15(19)18(14-10-6-4-7-11-14)17-12-8-5-9-13-17/h14H,4-13H2,1-3H3. The van der Waals surface area contributed by atoms with Crippen molar-refractivity contribution in [1.29, 1.82) is 0 Å². The minimum Gasteiger partial charge on any atom is -0.443 e. The molecule has 0 spiro atoms. The first-order chi connectivity index (χ1) is 9.47. The number of rotatable bonds is 2. The largest absolute Gasteiger partial charge is 0.443 e. The van der Waals surface area contributed by atoms with Crippen molar-refractivity contribution in [3.63, 3.8) is 0 Å². The van der Waals surface area contributed by atoms with Crippen LogP contribution in [-0.4, -0.2) is 40.8 Å². The summed E-state index contributed by atoms with van der Waals surface area (Å²) in [4.78, 5) is 12.6. The van der Waals surface area contributed by atoms with Crippen molar-refractivity contribution in [3.8, 4) is 0 Å². The van der Waals surface area contributed by atoms with Crippen LogP contribution in [0, 0.1) is 0 Å². The summed E-state index contributed by atoms with van der Waals surface area (Å²) in [6.45, 7) is 7.83. The zero-order valence-electron chi connectivity index (χ0n) is 13.4. The highest BCUT2D eigenvalue weighted by atomic mass is 16.6.